The molecule has 0 aromatic heterocycles. The van der Waals surface area contributed by atoms with Gasteiger partial charge in [-0.05, 0) is 42.5 Å². The summed E-state index contributed by atoms with van der Waals surface area (Å²) in [6, 6.07) is 11.6. The van der Waals surface area contributed by atoms with Gasteiger partial charge in [0.05, 0.1) is 7.11 Å². The van der Waals surface area contributed by atoms with Gasteiger partial charge in [0.2, 0.25) is 0 Å². The van der Waals surface area contributed by atoms with Gasteiger partial charge in [0.1, 0.15) is 18.3 Å². The molecule has 0 saturated heterocycles. The summed E-state index contributed by atoms with van der Waals surface area (Å²) >= 11 is 0. The quantitative estimate of drug-likeness (QED) is 0.771. The molecular weight excluding hydrogens is 244 g/mol. The Morgan fingerprint density at radius 1 is 0.842 bits per heavy atom. The molecule has 2 aromatic rings. The predicted molar refractivity (Wildman–Crippen MR) is 70.3 cm³/mol. The van der Waals surface area contributed by atoms with Crippen molar-refractivity contribution < 1.29 is 19.1 Å². The molecule has 96 valence electrons. The van der Waals surface area contributed by atoms with E-state index < -0.39 is 0 Å². The molecule has 4 nitrogen and oxygen atoms in total. The zero-order valence-electron chi connectivity index (χ0n) is 10.3. The van der Waals surface area contributed by atoms with Crippen LogP contribution in [0.2, 0.25) is 0 Å². The van der Waals surface area contributed by atoms with E-state index in [4.69, 9.17) is 9.47 Å². The van der Waals surface area contributed by atoms with Gasteiger partial charge in [0, 0.05) is 11.1 Å². The molecule has 0 bridgehead atoms. The first-order valence-corrected chi connectivity index (χ1v) is 5.63. The number of ether oxygens (including phenoxy) is 2. The molecule has 4 heteroatoms. The van der Waals surface area contributed by atoms with Crippen LogP contribution in [0.4, 0.5) is 0 Å². The topological polar surface area (TPSA) is 52.6 Å². The van der Waals surface area contributed by atoms with Crippen LogP contribution in [-0.2, 0) is 0 Å². The van der Waals surface area contributed by atoms with E-state index >= 15 is 0 Å². The summed E-state index contributed by atoms with van der Waals surface area (Å²) in [5, 5.41) is 0. The van der Waals surface area contributed by atoms with E-state index in [0.717, 1.165) is 12.6 Å². The Labute approximate surface area is 110 Å². The molecule has 0 atom stereocenters. The number of carbonyl (C=O) groups is 2. The van der Waals surface area contributed by atoms with Crippen molar-refractivity contribution in [1.82, 2.24) is 0 Å². The molecular formula is C15H12O4. The van der Waals surface area contributed by atoms with Crippen molar-refractivity contribution in [3.05, 3.63) is 53.6 Å². The van der Waals surface area contributed by atoms with Crippen LogP contribution in [0.25, 0.3) is 0 Å². The summed E-state index contributed by atoms with van der Waals surface area (Å²) < 4.78 is 10.8. The van der Waals surface area contributed by atoms with Crippen LogP contribution >= 0.6 is 0 Å². The van der Waals surface area contributed by atoms with E-state index in [-0.39, 0.29) is 0 Å². The Balaban J connectivity index is 2.26. The number of methoxy groups -OCH3 is 1. The first-order valence-electron chi connectivity index (χ1n) is 5.63. The molecule has 0 saturated carbocycles. The zero-order chi connectivity index (χ0) is 13.7. The van der Waals surface area contributed by atoms with Crippen LogP contribution in [0.15, 0.2) is 42.5 Å². The first kappa shape index (κ1) is 12.8. The largest absolute Gasteiger partial charge is 0.493 e. The fourth-order valence-electron chi connectivity index (χ4n) is 1.58. The highest BCUT2D eigenvalue weighted by molar-refractivity contribution is 5.76. The molecule has 0 N–H and O–H groups in total. The molecule has 0 radical (unpaired) electrons. The Morgan fingerprint density at radius 2 is 1.47 bits per heavy atom. The third-order valence-corrected chi connectivity index (χ3v) is 2.57. The maximum Gasteiger partial charge on any atom is 0.169 e. The van der Waals surface area contributed by atoms with E-state index in [1.807, 2.05) is 0 Å². The fraction of sp³-hybridized carbons (Fsp3) is 0.0667. The van der Waals surface area contributed by atoms with Crippen molar-refractivity contribution in [2.75, 3.05) is 7.11 Å². The Morgan fingerprint density at radius 3 is 2.05 bits per heavy atom. The minimum atomic E-state index is 0.476. The molecule has 19 heavy (non-hydrogen) atoms. The molecule has 0 unspecified atom stereocenters. The summed E-state index contributed by atoms with van der Waals surface area (Å²) in [7, 11) is 1.51. The average Bonchev–Trinajstić information content (AvgIpc) is 2.48. The number of rotatable bonds is 5. The Hall–Kier alpha value is -2.62. The van der Waals surface area contributed by atoms with Crippen LogP contribution in [0, 0.1) is 0 Å². The molecule has 2 rings (SSSR count). The van der Waals surface area contributed by atoms with Crippen molar-refractivity contribution in [3.8, 4) is 17.2 Å². The normalized spacial score (nSPS) is 9.74. The lowest BCUT2D eigenvalue weighted by molar-refractivity contribution is 0.111. The highest BCUT2D eigenvalue weighted by Gasteiger charge is 2.06. The average molecular weight is 256 g/mol. The number of hydrogen-bond donors (Lipinski definition) is 0. The lowest BCUT2D eigenvalue weighted by Gasteiger charge is -2.10. The predicted octanol–water partition coefficient (Wildman–Crippen LogP) is 3.11. The first-order chi connectivity index (χ1) is 9.26. The molecule has 0 aliphatic carbocycles. The molecule has 0 spiro atoms. The Kier molecular flexibility index (Phi) is 3.93. The zero-order valence-corrected chi connectivity index (χ0v) is 10.3. The standard InChI is InChI=1S/C15H12O4/c1-18-15-8-12(10-17)4-7-14(15)19-13-5-2-11(9-16)3-6-13/h2-10H,1H3. The molecule has 0 amide bonds. The van der Waals surface area contributed by atoms with Crippen LogP contribution in [-0.4, -0.2) is 19.7 Å². The van der Waals surface area contributed by atoms with E-state index in [1.165, 1.54) is 7.11 Å². The van der Waals surface area contributed by atoms with E-state index in [1.54, 1.807) is 42.5 Å². The SMILES string of the molecule is COc1cc(C=O)ccc1Oc1ccc(C=O)cc1. The summed E-state index contributed by atoms with van der Waals surface area (Å²) in [6.45, 7) is 0. The lowest BCUT2D eigenvalue weighted by atomic mass is 10.2. The highest BCUT2D eigenvalue weighted by Crippen LogP contribution is 2.31. The second kappa shape index (κ2) is 5.82. The van der Waals surface area contributed by atoms with Crippen LogP contribution in [0.5, 0.6) is 17.2 Å². The van der Waals surface area contributed by atoms with Crippen LogP contribution < -0.4 is 9.47 Å². The summed E-state index contributed by atoms with van der Waals surface area (Å²) in [4.78, 5) is 21.2. The monoisotopic (exact) mass is 256 g/mol. The third kappa shape index (κ3) is 2.98. The van der Waals surface area contributed by atoms with Crippen LogP contribution in [0.1, 0.15) is 20.7 Å². The minimum absolute atomic E-state index is 0.476. The van der Waals surface area contributed by atoms with Crippen molar-refractivity contribution in [3.63, 3.8) is 0 Å². The lowest BCUT2D eigenvalue weighted by Crippen LogP contribution is -1.92. The van der Waals surface area contributed by atoms with Crippen molar-refractivity contribution in [2.45, 2.75) is 0 Å². The van der Waals surface area contributed by atoms with Gasteiger partial charge in [0.15, 0.2) is 11.5 Å². The maximum atomic E-state index is 10.7. The van der Waals surface area contributed by atoms with Gasteiger partial charge in [-0.15, -0.1) is 0 Å². The number of hydrogen-bond acceptors (Lipinski definition) is 4. The number of benzene rings is 2. The third-order valence-electron chi connectivity index (χ3n) is 2.57. The minimum Gasteiger partial charge on any atom is -0.493 e. The maximum absolute atomic E-state index is 10.7. The van der Waals surface area contributed by atoms with Crippen molar-refractivity contribution >= 4 is 12.6 Å². The van der Waals surface area contributed by atoms with Gasteiger partial charge in [-0.2, -0.15) is 0 Å². The van der Waals surface area contributed by atoms with Crippen LogP contribution in [0.3, 0.4) is 0 Å². The van der Waals surface area contributed by atoms with Crippen molar-refractivity contribution in [1.29, 1.82) is 0 Å². The molecule has 0 aliphatic rings. The molecule has 0 aliphatic heterocycles. The smallest absolute Gasteiger partial charge is 0.169 e. The second-order valence-corrected chi connectivity index (χ2v) is 3.82. The van der Waals surface area contributed by atoms with Gasteiger partial charge < -0.3 is 9.47 Å². The van der Waals surface area contributed by atoms with E-state index in [0.29, 0.717) is 28.4 Å². The van der Waals surface area contributed by atoms with Gasteiger partial charge in [-0.3, -0.25) is 9.59 Å². The van der Waals surface area contributed by atoms with E-state index in [2.05, 4.69) is 0 Å². The van der Waals surface area contributed by atoms with E-state index in [9.17, 15) is 9.59 Å². The second-order valence-electron chi connectivity index (χ2n) is 3.82. The summed E-state index contributed by atoms with van der Waals surface area (Å²) in [5.41, 5.74) is 1.09. The summed E-state index contributed by atoms with van der Waals surface area (Å²) in [6.07, 6.45) is 1.51. The van der Waals surface area contributed by atoms with Gasteiger partial charge >= 0.3 is 0 Å². The van der Waals surface area contributed by atoms with Gasteiger partial charge in [-0.1, -0.05) is 0 Å². The van der Waals surface area contributed by atoms with Crippen molar-refractivity contribution in [2.24, 2.45) is 0 Å². The molecule has 0 fully saturated rings. The highest BCUT2D eigenvalue weighted by atomic mass is 16.5. The molecule has 0 heterocycles. The molecule has 2 aromatic carbocycles. The van der Waals surface area contributed by atoms with Gasteiger partial charge in [-0.25, -0.2) is 0 Å². The summed E-state index contributed by atoms with van der Waals surface area (Å²) in [5.74, 6) is 1.57. The Bertz CT molecular complexity index is 588. The fourth-order valence-corrected chi connectivity index (χ4v) is 1.58. The number of aldehydes is 2. The van der Waals surface area contributed by atoms with Gasteiger partial charge in [0.25, 0.3) is 0 Å². The number of carbonyl (C=O) groups excluding carboxylic acids is 2.